The van der Waals surface area contributed by atoms with Crippen LogP contribution >= 0.6 is 0 Å². The normalized spacial score (nSPS) is 43.7. The van der Waals surface area contributed by atoms with E-state index in [0.29, 0.717) is 6.54 Å². The largest absolute Gasteiger partial charge is 0.455 e. The summed E-state index contributed by atoms with van der Waals surface area (Å²) < 4.78 is 11.4. The second kappa shape index (κ2) is 4.99. The zero-order valence-corrected chi connectivity index (χ0v) is 12.2. The minimum absolute atomic E-state index is 0.0313. The topological polar surface area (TPSA) is 40.0 Å². The highest BCUT2D eigenvalue weighted by Gasteiger charge is 2.53. The lowest BCUT2D eigenvalue weighted by atomic mass is 9.54. The van der Waals surface area contributed by atoms with Crippen LogP contribution in [0.4, 0.5) is 0 Å². The lowest BCUT2D eigenvalue weighted by molar-refractivity contribution is -0.900. The van der Waals surface area contributed by atoms with E-state index in [0.717, 1.165) is 63.3 Å². The first-order valence-electron chi connectivity index (χ1n) is 8.34. The molecule has 5 rings (SSSR count). The van der Waals surface area contributed by atoms with Crippen LogP contribution in [0.25, 0.3) is 0 Å². The van der Waals surface area contributed by atoms with Crippen molar-refractivity contribution in [2.75, 3.05) is 32.8 Å². The molecule has 5 aliphatic rings. The van der Waals surface area contributed by atoms with E-state index in [4.69, 9.17) is 9.47 Å². The Kier molecular flexibility index (Phi) is 3.26. The van der Waals surface area contributed by atoms with E-state index in [-0.39, 0.29) is 11.6 Å². The molecule has 1 N–H and O–H groups in total. The minimum atomic E-state index is -0.0719. The number of nitrogens with one attached hydrogen (secondary N) is 1. The van der Waals surface area contributed by atoms with Crippen LogP contribution in [0, 0.1) is 17.8 Å². The Labute approximate surface area is 120 Å². The highest BCUT2D eigenvalue weighted by atomic mass is 16.6. The Bertz CT molecular complexity index is 354. The quantitative estimate of drug-likeness (QED) is 0.761. The number of hydrogen-bond donors (Lipinski definition) is 1. The Morgan fingerprint density at radius 2 is 1.60 bits per heavy atom. The smallest absolute Gasteiger partial charge is 0.362 e. The molecule has 0 atom stereocenters. The van der Waals surface area contributed by atoms with Crippen LogP contribution in [0.3, 0.4) is 0 Å². The Hall–Kier alpha value is -0.610. The van der Waals surface area contributed by atoms with Crippen molar-refractivity contribution in [2.45, 2.75) is 44.1 Å². The first kappa shape index (κ1) is 13.1. The molecular formula is C16H26NO3+. The fourth-order valence-electron chi connectivity index (χ4n) is 5.47. The predicted octanol–water partition coefficient (Wildman–Crippen LogP) is 0.413. The fraction of sp³-hybridized carbons (Fsp3) is 0.938. The summed E-state index contributed by atoms with van der Waals surface area (Å²) in [5, 5.41) is 0. The molecular weight excluding hydrogens is 254 g/mol. The van der Waals surface area contributed by atoms with Gasteiger partial charge in [0.15, 0.2) is 6.54 Å². The predicted molar refractivity (Wildman–Crippen MR) is 73.4 cm³/mol. The van der Waals surface area contributed by atoms with Gasteiger partial charge in [-0.2, -0.15) is 0 Å². The fourth-order valence-corrected chi connectivity index (χ4v) is 5.47. The molecule has 0 amide bonds. The summed E-state index contributed by atoms with van der Waals surface area (Å²) in [5.74, 6) is 2.54. The highest BCUT2D eigenvalue weighted by Crippen LogP contribution is 2.57. The minimum Gasteiger partial charge on any atom is -0.455 e. The number of morpholine rings is 1. The number of quaternary nitrogens is 1. The number of carbonyl (C=O) groups excluding carboxylic acids is 1. The molecule has 1 aliphatic heterocycles. The standard InChI is InChI=1S/C16H25NO3/c18-15(11-17-1-3-19-4-2-17)20-16-8-12-5-13(9-16)7-14(6-12)10-16/h12-14H,1-11H2/p+1. The molecule has 0 aromatic rings. The maximum absolute atomic E-state index is 12.3. The Morgan fingerprint density at radius 3 is 2.15 bits per heavy atom. The number of esters is 1. The van der Waals surface area contributed by atoms with E-state index in [1.165, 1.54) is 24.2 Å². The van der Waals surface area contributed by atoms with Crippen molar-refractivity contribution in [3.63, 3.8) is 0 Å². The first-order chi connectivity index (χ1) is 9.71. The molecule has 0 aromatic heterocycles. The summed E-state index contributed by atoms with van der Waals surface area (Å²) in [4.78, 5) is 13.6. The van der Waals surface area contributed by atoms with Crippen LogP contribution in [-0.2, 0) is 14.3 Å². The SMILES string of the molecule is O=C(C[NH+]1CCOCC1)OC12CC3CC(CC(C3)C1)C2. The zero-order chi connectivity index (χ0) is 13.6. The van der Waals surface area contributed by atoms with Gasteiger partial charge in [0.1, 0.15) is 18.7 Å². The molecule has 5 fully saturated rings. The van der Waals surface area contributed by atoms with Crippen LogP contribution in [0.2, 0.25) is 0 Å². The summed E-state index contributed by atoms with van der Waals surface area (Å²) in [5.41, 5.74) is -0.0719. The van der Waals surface area contributed by atoms with Gasteiger partial charge in [-0.1, -0.05) is 0 Å². The van der Waals surface area contributed by atoms with E-state index in [2.05, 4.69) is 0 Å². The number of rotatable bonds is 3. The highest BCUT2D eigenvalue weighted by molar-refractivity contribution is 5.71. The molecule has 1 heterocycles. The van der Waals surface area contributed by atoms with E-state index < -0.39 is 0 Å². The monoisotopic (exact) mass is 280 g/mol. The number of carbonyl (C=O) groups is 1. The summed E-state index contributed by atoms with van der Waals surface area (Å²) in [6.07, 6.45) is 7.61. The Morgan fingerprint density at radius 1 is 1.05 bits per heavy atom. The second-order valence-corrected chi connectivity index (χ2v) is 7.61. The molecule has 0 radical (unpaired) electrons. The molecule has 4 bridgehead atoms. The molecule has 0 aromatic carbocycles. The van der Waals surface area contributed by atoms with Crippen molar-refractivity contribution in [3.8, 4) is 0 Å². The molecule has 4 heteroatoms. The maximum Gasteiger partial charge on any atom is 0.362 e. The Balaban J connectivity index is 1.37. The van der Waals surface area contributed by atoms with Gasteiger partial charge in [-0.3, -0.25) is 0 Å². The lowest BCUT2D eigenvalue weighted by Crippen LogP contribution is -3.15. The third kappa shape index (κ3) is 2.48. The summed E-state index contributed by atoms with van der Waals surface area (Å²) >= 11 is 0. The van der Waals surface area contributed by atoms with Crippen LogP contribution in [-0.4, -0.2) is 44.4 Å². The average molecular weight is 280 g/mol. The summed E-state index contributed by atoms with van der Waals surface area (Å²) in [6, 6.07) is 0. The van der Waals surface area contributed by atoms with Crippen LogP contribution in [0.5, 0.6) is 0 Å². The first-order valence-corrected chi connectivity index (χ1v) is 8.34. The van der Waals surface area contributed by atoms with Crippen molar-refractivity contribution >= 4 is 5.97 Å². The molecule has 4 saturated carbocycles. The third-order valence-electron chi connectivity index (χ3n) is 5.91. The van der Waals surface area contributed by atoms with Gasteiger partial charge >= 0.3 is 5.97 Å². The molecule has 1 saturated heterocycles. The van der Waals surface area contributed by atoms with Crippen LogP contribution in [0.15, 0.2) is 0 Å². The molecule has 20 heavy (non-hydrogen) atoms. The zero-order valence-electron chi connectivity index (χ0n) is 12.2. The van der Waals surface area contributed by atoms with Crippen molar-refractivity contribution in [3.05, 3.63) is 0 Å². The van der Waals surface area contributed by atoms with Crippen molar-refractivity contribution in [1.82, 2.24) is 0 Å². The van der Waals surface area contributed by atoms with Gasteiger partial charge in [-0.05, 0) is 56.3 Å². The second-order valence-electron chi connectivity index (χ2n) is 7.61. The number of ether oxygens (including phenoxy) is 2. The van der Waals surface area contributed by atoms with Crippen molar-refractivity contribution < 1.29 is 19.2 Å². The molecule has 112 valence electrons. The third-order valence-corrected chi connectivity index (χ3v) is 5.91. The van der Waals surface area contributed by atoms with E-state index >= 15 is 0 Å². The lowest BCUT2D eigenvalue weighted by Gasteiger charge is -2.55. The van der Waals surface area contributed by atoms with E-state index in [1.807, 2.05) is 0 Å². The van der Waals surface area contributed by atoms with Gasteiger partial charge in [0, 0.05) is 0 Å². The van der Waals surface area contributed by atoms with Crippen LogP contribution in [0.1, 0.15) is 38.5 Å². The van der Waals surface area contributed by atoms with E-state index in [1.54, 1.807) is 0 Å². The van der Waals surface area contributed by atoms with E-state index in [9.17, 15) is 4.79 Å². The van der Waals surface area contributed by atoms with Gasteiger partial charge in [0.05, 0.1) is 13.2 Å². The maximum atomic E-state index is 12.3. The van der Waals surface area contributed by atoms with Crippen molar-refractivity contribution in [2.24, 2.45) is 17.8 Å². The molecule has 0 unspecified atom stereocenters. The van der Waals surface area contributed by atoms with Gasteiger partial charge in [0.25, 0.3) is 0 Å². The van der Waals surface area contributed by atoms with Crippen LogP contribution < -0.4 is 4.90 Å². The summed E-state index contributed by atoms with van der Waals surface area (Å²) in [7, 11) is 0. The van der Waals surface area contributed by atoms with Gasteiger partial charge in [-0.25, -0.2) is 4.79 Å². The average Bonchev–Trinajstić information content (AvgIpc) is 2.37. The van der Waals surface area contributed by atoms with Gasteiger partial charge < -0.3 is 14.4 Å². The van der Waals surface area contributed by atoms with Gasteiger partial charge in [-0.15, -0.1) is 0 Å². The number of hydrogen-bond acceptors (Lipinski definition) is 3. The molecule has 4 aliphatic carbocycles. The molecule has 4 nitrogen and oxygen atoms in total. The van der Waals surface area contributed by atoms with Crippen molar-refractivity contribution in [1.29, 1.82) is 0 Å². The van der Waals surface area contributed by atoms with Gasteiger partial charge in [0.2, 0.25) is 0 Å². The summed E-state index contributed by atoms with van der Waals surface area (Å²) in [6.45, 7) is 3.97. The molecule has 0 spiro atoms.